The fourth-order valence-electron chi connectivity index (χ4n) is 4.83. The van der Waals surface area contributed by atoms with Gasteiger partial charge in [-0.25, -0.2) is 4.98 Å². The third-order valence-electron chi connectivity index (χ3n) is 6.84. The van der Waals surface area contributed by atoms with Crippen LogP contribution >= 0.6 is 0 Å². The highest BCUT2D eigenvalue weighted by atomic mass is 15.1. The second-order valence-electron chi connectivity index (χ2n) is 9.39. The summed E-state index contributed by atoms with van der Waals surface area (Å²) in [6, 6.07) is 16.2. The first-order valence-corrected chi connectivity index (χ1v) is 12.8. The van der Waals surface area contributed by atoms with Gasteiger partial charge >= 0.3 is 0 Å². The number of hydrogen-bond donors (Lipinski definition) is 3. The van der Waals surface area contributed by atoms with Gasteiger partial charge in [-0.3, -0.25) is 10.1 Å². The minimum absolute atomic E-state index is 0.805. The Hall–Kier alpha value is -5.23. The van der Waals surface area contributed by atoms with Crippen molar-refractivity contribution in [3.63, 3.8) is 0 Å². The van der Waals surface area contributed by atoms with Gasteiger partial charge in [0.1, 0.15) is 11.3 Å². The lowest BCUT2D eigenvalue weighted by Crippen LogP contribution is -2.23. The van der Waals surface area contributed by atoms with Crippen LogP contribution in [0.1, 0.15) is 30.0 Å². The predicted molar refractivity (Wildman–Crippen MR) is 162 cm³/mol. The van der Waals surface area contributed by atoms with Gasteiger partial charge in [-0.2, -0.15) is 5.10 Å². The highest BCUT2D eigenvalue weighted by molar-refractivity contribution is 5.96. The topological polar surface area (TPSA) is 82.3 Å². The van der Waals surface area contributed by atoms with E-state index in [4.69, 9.17) is 0 Å². The van der Waals surface area contributed by atoms with E-state index in [1.54, 1.807) is 6.20 Å². The average molecular weight is 509 g/mol. The molecule has 39 heavy (non-hydrogen) atoms. The lowest BCUT2D eigenvalue weighted by Gasteiger charge is -2.11. The quantitative estimate of drug-likeness (QED) is 0.249. The number of aromatic amines is 2. The van der Waals surface area contributed by atoms with Crippen molar-refractivity contribution >= 4 is 45.7 Å². The molecule has 0 atom stereocenters. The van der Waals surface area contributed by atoms with Crippen LogP contribution in [0.4, 0.5) is 5.69 Å². The maximum atomic E-state index is 4.66. The Balaban J connectivity index is 1.36. The van der Waals surface area contributed by atoms with Gasteiger partial charge < -0.3 is 10.3 Å². The van der Waals surface area contributed by atoms with Crippen molar-refractivity contribution in [1.82, 2.24) is 25.1 Å². The van der Waals surface area contributed by atoms with E-state index in [0.29, 0.717) is 0 Å². The van der Waals surface area contributed by atoms with E-state index >= 15 is 0 Å². The van der Waals surface area contributed by atoms with Crippen molar-refractivity contribution in [3.8, 4) is 11.4 Å². The molecular weight excluding hydrogens is 480 g/mol. The first-order chi connectivity index (χ1) is 19.1. The number of allylic oxidation sites excluding steroid dienone is 5. The Morgan fingerprint density at radius 3 is 2.72 bits per heavy atom. The van der Waals surface area contributed by atoms with Crippen molar-refractivity contribution in [3.05, 3.63) is 126 Å². The molecule has 0 fully saturated rings. The fourth-order valence-corrected chi connectivity index (χ4v) is 4.83. The Labute approximate surface area is 226 Å². The van der Waals surface area contributed by atoms with Crippen molar-refractivity contribution in [2.75, 3.05) is 5.32 Å². The van der Waals surface area contributed by atoms with Gasteiger partial charge in [-0.15, -0.1) is 0 Å². The summed E-state index contributed by atoms with van der Waals surface area (Å²) in [6.45, 7) is 10.5. The van der Waals surface area contributed by atoms with Crippen LogP contribution in [0.5, 0.6) is 0 Å². The summed E-state index contributed by atoms with van der Waals surface area (Å²) in [5.41, 5.74) is 9.30. The van der Waals surface area contributed by atoms with E-state index in [1.165, 1.54) is 5.57 Å². The number of fused-ring (bicyclic) bond motifs is 1. The molecule has 190 valence electrons. The monoisotopic (exact) mass is 508 g/mol. The van der Waals surface area contributed by atoms with Crippen LogP contribution in [0.15, 0.2) is 98.5 Å². The maximum absolute atomic E-state index is 4.66. The molecule has 4 heterocycles. The van der Waals surface area contributed by atoms with Crippen LogP contribution in [-0.2, 0) is 0 Å². The number of benzene rings is 1. The molecule has 0 unspecified atom stereocenters. The molecule has 0 bridgehead atoms. The summed E-state index contributed by atoms with van der Waals surface area (Å²) >= 11 is 0. The van der Waals surface area contributed by atoms with Crippen LogP contribution in [0.2, 0.25) is 0 Å². The molecule has 0 radical (unpaired) electrons. The number of rotatable bonds is 7. The van der Waals surface area contributed by atoms with E-state index in [2.05, 4.69) is 74.0 Å². The van der Waals surface area contributed by atoms with Gasteiger partial charge in [0, 0.05) is 34.3 Å². The van der Waals surface area contributed by atoms with Crippen LogP contribution < -0.4 is 15.9 Å². The molecule has 0 saturated heterocycles. The number of pyridine rings is 2. The molecule has 1 aromatic carbocycles. The zero-order valence-corrected chi connectivity index (χ0v) is 21.7. The highest BCUT2D eigenvalue weighted by Crippen LogP contribution is 2.30. The van der Waals surface area contributed by atoms with Gasteiger partial charge in [-0.05, 0) is 59.9 Å². The molecule has 0 saturated carbocycles. The number of H-pyrrole nitrogens is 2. The van der Waals surface area contributed by atoms with Gasteiger partial charge in [0.25, 0.3) is 0 Å². The number of anilines is 1. The molecule has 3 N–H and O–H groups in total. The molecule has 5 aromatic rings. The van der Waals surface area contributed by atoms with Gasteiger partial charge in [0.15, 0.2) is 0 Å². The lowest BCUT2D eigenvalue weighted by molar-refractivity contribution is 1.06. The van der Waals surface area contributed by atoms with Crippen LogP contribution in [-0.4, -0.2) is 25.1 Å². The first-order valence-electron chi connectivity index (χ1n) is 12.8. The zero-order valence-electron chi connectivity index (χ0n) is 21.7. The molecule has 1 aliphatic rings. The molecule has 1 aliphatic carbocycles. The normalized spacial score (nSPS) is 13.7. The van der Waals surface area contributed by atoms with Crippen molar-refractivity contribution in [2.24, 2.45) is 0 Å². The molecule has 6 nitrogen and oxygen atoms in total. The number of hydrogen-bond acceptors (Lipinski definition) is 4. The summed E-state index contributed by atoms with van der Waals surface area (Å²) in [6.07, 6.45) is 17.0. The largest absolute Gasteiger partial charge is 0.354 e. The summed E-state index contributed by atoms with van der Waals surface area (Å²) in [7, 11) is 0. The third-order valence-corrected chi connectivity index (χ3v) is 6.84. The van der Waals surface area contributed by atoms with Crippen molar-refractivity contribution in [1.29, 1.82) is 0 Å². The highest BCUT2D eigenvalue weighted by Gasteiger charge is 2.14. The molecular formula is C33H28N6. The van der Waals surface area contributed by atoms with Gasteiger partial charge in [-0.1, -0.05) is 67.8 Å². The molecule has 6 heteroatoms. The van der Waals surface area contributed by atoms with E-state index in [1.807, 2.05) is 67.9 Å². The zero-order chi connectivity index (χ0) is 26.8. The van der Waals surface area contributed by atoms with E-state index in [9.17, 15) is 0 Å². The lowest BCUT2D eigenvalue weighted by atomic mass is 10.0. The fraction of sp³-hybridized carbons (Fsp3) is 0.0606. The smallest absolute Gasteiger partial charge is 0.138 e. The first kappa shape index (κ1) is 24.1. The van der Waals surface area contributed by atoms with Crippen molar-refractivity contribution in [2.45, 2.75) is 13.3 Å². The Kier molecular flexibility index (Phi) is 6.35. The minimum atomic E-state index is 0.805. The van der Waals surface area contributed by atoms with Gasteiger partial charge in [0.2, 0.25) is 0 Å². The summed E-state index contributed by atoms with van der Waals surface area (Å²) < 4.78 is 0. The number of nitrogens with one attached hydrogen (secondary N) is 3. The third kappa shape index (κ3) is 4.76. The number of nitrogens with zero attached hydrogens (tertiary/aromatic N) is 3. The SMILES string of the molecule is C=C(/C=c1/c(-c2cc3c(C4=CCC=C4)ccnc3[nH]2)n[nH]/c1=C/C)c1cncc(NC(=C)c2ccccc2)c1. The summed E-state index contributed by atoms with van der Waals surface area (Å²) in [5.74, 6) is 0. The standard InChI is InChI=1S/C33H28N6/c1-4-30-29(16-21(2)25-17-26(20-34-19-25)36-22(3)23-10-6-5-7-11-23)32(39-38-30)31-18-28-27(24-12-8-9-13-24)14-15-35-33(28)37-31/h4-8,10-20,36,38H,2-3,9H2,1H3,(H,35,37)/b29-16+,30-4+. The Morgan fingerprint density at radius 1 is 1.05 bits per heavy atom. The second-order valence-corrected chi connectivity index (χ2v) is 9.39. The van der Waals surface area contributed by atoms with E-state index in [-0.39, 0.29) is 0 Å². The summed E-state index contributed by atoms with van der Waals surface area (Å²) in [4.78, 5) is 12.5. The maximum Gasteiger partial charge on any atom is 0.138 e. The molecule has 0 spiro atoms. The average Bonchev–Trinajstić information content (AvgIpc) is 3.73. The Morgan fingerprint density at radius 2 is 1.92 bits per heavy atom. The van der Waals surface area contributed by atoms with Crippen LogP contribution in [0.25, 0.3) is 51.4 Å². The molecule has 4 aromatic heterocycles. The second kappa shape index (κ2) is 10.3. The summed E-state index contributed by atoms with van der Waals surface area (Å²) in [5, 5.41) is 14.1. The molecule has 6 rings (SSSR count). The minimum Gasteiger partial charge on any atom is -0.354 e. The van der Waals surface area contributed by atoms with E-state index < -0.39 is 0 Å². The predicted octanol–water partition coefficient (Wildman–Crippen LogP) is 6.07. The number of aromatic nitrogens is 5. The van der Waals surface area contributed by atoms with Crippen LogP contribution in [0.3, 0.4) is 0 Å². The molecule has 0 aliphatic heterocycles. The molecule has 0 amide bonds. The Bertz CT molecular complexity index is 1900. The van der Waals surface area contributed by atoms with Crippen molar-refractivity contribution < 1.29 is 0 Å². The van der Waals surface area contributed by atoms with Crippen LogP contribution in [0, 0.1) is 0 Å². The van der Waals surface area contributed by atoms with E-state index in [0.717, 1.165) is 73.1 Å². The van der Waals surface area contributed by atoms with Gasteiger partial charge in [0.05, 0.1) is 22.9 Å².